The number of para-hydroxylation sites is 1. The molecule has 0 aliphatic carbocycles. The molecule has 2 aromatic heterocycles. The monoisotopic (exact) mass is 447 g/mol. The Bertz CT molecular complexity index is 1320. The van der Waals surface area contributed by atoms with Crippen molar-refractivity contribution in [2.24, 2.45) is 5.73 Å². The minimum atomic E-state index is -0.792. The number of H-pyrrole nitrogens is 1. The highest BCUT2D eigenvalue weighted by molar-refractivity contribution is 6.42. The number of primary amides is 1. The number of benzene rings is 2. The van der Waals surface area contributed by atoms with E-state index in [1.54, 1.807) is 24.3 Å². The van der Waals surface area contributed by atoms with Gasteiger partial charge in [-0.1, -0.05) is 59.1 Å². The van der Waals surface area contributed by atoms with Gasteiger partial charge in [0.1, 0.15) is 5.15 Å². The van der Waals surface area contributed by atoms with Crippen molar-refractivity contribution in [3.05, 3.63) is 79.8 Å². The lowest BCUT2D eigenvalue weighted by Gasteiger charge is -2.06. The van der Waals surface area contributed by atoms with Gasteiger partial charge in [-0.3, -0.25) is 9.78 Å². The van der Waals surface area contributed by atoms with Crippen LogP contribution < -0.4 is 16.7 Å². The Kier molecular flexibility index (Phi) is 4.96. The summed E-state index contributed by atoms with van der Waals surface area (Å²) < 4.78 is 1.08. The van der Waals surface area contributed by atoms with Gasteiger partial charge in [0.25, 0.3) is 5.91 Å². The molecule has 0 saturated carbocycles. The molecule has 0 atom stereocenters. The van der Waals surface area contributed by atoms with Gasteiger partial charge in [-0.2, -0.15) is 4.98 Å². The fraction of sp³-hybridized carbons (Fsp3) is 0. The zero-order valence-electron chi connectivity index (χ0n) is 14.5. The summed E-state index contributed by atoms with van der Waals surface area (Å²) in [7, 11) is 0. The van der Waals surface area contributed by atoms with Crippen LogP contribution in [-0.2, 0) is 0 Å². The first-order chi connectivity index (χ1) is 13.9. The number of carbonyl (C=O) groups is 1. The molecule has 29 heavy (non-hydrogen) atoms. The summed E-state index contributed by atoms with van der Waals surface area (Å²) in [6, 6.07) is 13.8. The number of aromatic amines is 1. The predicted octanol–water partition coefficient (Wildman–Crippen LogP) is 4.49. The third-order valence-corrected chi connectivity index (χ3v) is 5.32. The summed E-state index contributed by atoms with van der Waals surface area (Å²) in [5.74, 6) is -0.662. The quantitative estimate of drug-likeness (QED) is 0.427. The van der Waals surface area contributed by atoms with Crippen molar-refractivity contribution in [1.29, 1.82) is 0 Å². The molecule has 0 fully saturated rings. The number of hydrogen-bond donors (Lipinski definition) is 3. The third-order valence-electron chi connectivity index (χ3n) is 4.23. The van der Waals surface area contributed by atoms with E-state index in [2.05, 4.69) is 15.3 Å². The number of halogens is 3. The zero-order valence-corrected chi connectivity index (χ0v) is 16.8. The molecule has 0 aliphatic rings. The highest BCUT2D eigenvalue weighted by atomic mass is 35.5. The Balaban J connectivity index is 1.98. The Morgan fingerprint density at radius 1 is 1.07 bits per heavy atom. The normalized spacial score (nSPS) is 11.0. The molecule has 0 aliphatic heterocycles. The molecule has 0 spiro atoms. The van der Waals surface area contributed by atoms with Crippen molar-refractivity contribution < 1.29 is 4.79 Å². The fourth-order valence-corrected chi connectivity index (χ4v) is 3.64. The lowest BCUT2D eigenvalue weighted by Crippen LogP contribution is -2.20. The van der Waals surface area contributed by atoms with Crippen molar-refractivity contribution in [3.8, 4) is 11.1 Å². The molecule has 4 rings (SSSR count). The number of rotatable bonds is 4. The fourth-order valence-electron chi connectivity index (χ4n) is 2.98. The van der Waals surface area contributed by atoms with Gasteiger partial charge in [0, 0.05) is 11.3 Å². The largest absolute Gasteiger partial charge is 0.365 e. The van der Waals surface area contributed by atoms with E-state index in [1.165, 1.54) is 6.07 Å². The molecule has 2 heterocycles. The second-order valence-electron chi connectivity index (χ2n) is 6.07. The first-order valence-electron chi connectivity index (χ1n) is 8.28. The van der Waals surface area contributed by atoms with Crippen LogP contribution in [0.2, 0.25) is 15.2 Å². The molecule has 4 N–H and O–H groups in total. The van der Waals surface area contributed by atoms with Crippen LogP contribution in [0, 0.1) is 0 Å². The number of carbonyl (C=O) groups excluding carboxylic acids is 1. The minimum Gasteiger partial charge on any atom is -0.365 e. The van der Waals surface area contributed by atoms with Crippen LogP contribution in [0.4, 0.5) is 11.6 Å². The number of nitrogens with one attached hydrogen (secondary N) is 2. The molecule has 0 saturated heterocycles. The average Bonchev–Trinajstić information content (AvgIpc) is 2.98. The molecular weight excluding hydrogens is 437 g/mol. The van der Waals surface area contributed by atoms with Gasteiger partial charge in [0.15, 0.2) is 5.65 Å². The van der Waals surface area contributed by atoms with E-state index in [9.17, 15) is 9.59 Å². The van der Waals surface area contributed by atoms with E-state index in [4.69, 9.17) is 40.5 Å². The van der Waals surface area contributed by atoms with E-state index in [0.717, 1.165) is 4.40 Å². The van der Waals surface area contributed by atoms with Crippen LogP contribution in [-0.4, -0.2) is 20.3 Å². The summed E-state index contributed by atoms with van der Waals surface area (Å²) in [5.41, 5.74) is 6.45. The topological polar surface area (TPSA) is 105 Å². The Morgan fingerprint density at radius 2 is 1.79 bits per heavy atom. The molecule has 1 amide bonds. The first-order valence-corrected chi connectivity index (χ1v) is 9.41. The number of amides is 1. The van der Waals surface area contributed by atoms with Gasteiger partial charge < -0.3 is 11.1 Å². The number of fused-ring (bicyclic) bond motifs is 1. The van der Waals surface area contributed by atoms with Crippen LogP contribution in [0.15, 0.2) is 53.3 Å². The number of aromatic nitrogens is 3. The highest BCUT2D eigenvalue weighted by Crippen LogP contribution is 2.37. The highest BCUT2D eigenvalue weighted by Gasteiger charge is 2.26. The molecule has 0 unspecified atom stereocenters. The van der Waals surface area contributed by atoms with E-state index in [-0.39, 0.29) is 32.9 Å². The van der Waals surface area contributed by atoms with E-state index in [0.29, 0.717) is 16.3 Å². The zero-order chi connectivity index (χ0) is 20.7. The van der Waals surface area contributed by atoms with Crippen molar-refractivity contribution in [2.75, 3.05) is 5.32 Å². The molecule has 0 bridgehead atoms. The van der Waals surface area contributed by atoms with Crippen LogP contribution in [0.1, 0.15) is 10.4 Å². The van der Waals surface area contributed by atoms with Gasteiger partial charge >= 0.3 is 5.69 Å². The van der Waals surface area contributed by atoms with Crippen LogP contribution in [0.3, 0.4) is 0 Å². The standard InChI is InChI=1S/C19H12Cl3N5O2/c20-11-7-6-9(8-12(11)21)13-14(16(23)28)17-25-18(24-10-4-2-1-3-5-10)26-19(29)27(17)15(13)22/h1-8H,(H2,23,28)(H2,24,25,26,29). The summed E-state index contributed by atoms with van der Waals surface area (Å²) >= 11 is 18.5. The van der Waals surface area contributed by atoms with Gasteiger partial charge in [-0.15, -0.1) is 0 Å². The number of anilines is 2. The van der Waals surface area contributed by atoms with Gasteiger partial charge in [-0.05, 0) is 29.8 Å². The molecular formula is C19H12Cl3N5O2. The van der Waals surface area contributed by atoms with E-state index >= 15 is 0 Å². The van der Waals surface area contributed by atoms with Gasteiger partial charge in [0.2, 0.25) is 5.95 Å². The Labute approximate surface area is 179 Å². The Hall–Kier alpha value is -3.00. The molecule has 10 heteroatoms. The smallest absolute Gasteiger partial charge is 0.335 e. The van der Waals surface area contributed by atoms with E-state index in [1.807, 2.05) is 18.2 Å². The van der Waals surface area contributed by atoms with Crippen LogP contribution in [0.25, 0.3) is 16.8 Å². The van der Waals surface area contributed by atoms with Crippen molar-refractivity contribution in [3.63, 3.8) is 0 Å². The summed E-state index contributed by atoms with van der Waals surface area (Å²) in [6.45, 7) is 0. The lowest BCUT2D eigenvalue weighted by molar-refractivity contribution is 0.100. The predicted molar refractivity (Wildman–Crippen MR) is 115 cm³/mol. The third kappa shape index (κ3) is 3.44. The maximum atomic E-state index is 12.7. The van der Waals surface area contributed by atoms with Crippen LogP contribution in [0.5, 0.6) is 0 Å². The molecule has 0 radical (unpaired) electrons. The van der Waals surface area contributed by atoms with Crippen molar-refractivity contribution >= 4 is 58.0 Å². The summed E-state index contributed by atoms with van der Waals surface area (Å²) in [6.07, 6.45) is 0. The molecule has 2 aromatic carbocycles. The second-order valence-corrected chi connectivity index (χ2v) is 7.25. The van der Waals surface area contributed by atoms with Crippen molar-refractivity contribution in [1.82, 2.24) is 14.4 Å². The minimum absolute atomic E-state index is 0.00407. The van der Waals surface area contributed by atoms with Crippen LogP contribution >= 0.6 is 34.8 Å². The maximum absolute atomic E-state index is 12.7. The molecule has 146 valence electrons. The SMILES string of the molecule is NC(=O)c1c(-c2ccc(Cl)c(Cl)c2)c(Cl)n2c(=O)[nH]c(Nc3ccccc3)nc12. The number of nitrogens with zero attached hydrogens (tertiary/aromatic N) is 2. The summed E-state index contributed by atoms with van der Waals surface area (Å²) in [4.78, 5) is 31.9. The number of hydrogen-bond acceptors (Lipinski definition) is 4. The van der Waals surface area contributed by atoms with Gasteiger partial charge in [0.05, 0.1) is 15.6 Å². The second kappa shape index (κ2) is 7.44. The molecule has 7 nitrogen and oxygen atoms in total. The average molecular weight is 449 g/mol. The maximum Gasteiger partial charge on any atom is 0.335 e. The van der Waals surface area contributed by atoms with E-state index < -0.39 is 11.6 Å². The van der Waals surface area contributed by atoms with Crippen molar-refractivity contribution in [2.45, 2.75) is 0 Å². The molecule has 4 aromatic rings. The lowest BCUT2D eigenvalue weighted by atomic mass is 10.0. The Morgan fingerprint density at radius 3 is 2.45 bits per heavy atom. The summed E-state index contributed by atoms with van der Waals surface area (Å²) in [5, 5.41) is 3.55. The van der Waals surface area contributed by atoms with Gasteiger partial charge in [-0.25, -0.2) is 9.20 Å². The number of nitrogens with two attached hydrogens (primary N) is 1. The first kappa shape index (κ1) is 19.3.